The molecule has 3 aromatic rings. The summed E-state index contributed by atoms with van der Waals surface area (Å²) in [6.07, 6.45) is -3.89. The van der Waals surface area contributed by atoms with Crippen LogP contribution in [0.5, 0.6) is 0 Å². The highest BCUT2D eigenvalue weighted by Gasteiger charge is 2.32. The third-order valence-electron chi connectivity index (χ3n) is 4.08. The summed E-state index contributed by atoms with van der Waals surface area (Å²) in [6, 6.07) is 0.722. The number of thioether (sulfide) groups is 1. The van der Waals surface area contributed by atoms with Crippen molar-refractivity contribution >= 4 is 40.6 Å². The molecule has 0 fully saturated rings. The molecule has 0 aliphatic carbocycles. The first kappa shape index (κ1) is 20.9. The van der Waals surface area contributed by atoms with E-state index in [0.717, 1.165) is 37.6 Å². The highest BCUT2D eigenvalue weighted by molar-refractivity contribution is 7.99. The summed E-state index contributed by atoms with van der Waals surface area (Å²) in [5.74, 6) is -1.41. The molecule has 0 aliphatic rings. The number of pyridine rings is 1. The maximum Gasteiger partial charge on any atom is 0.417 e. The standard InChI is InChI=1S/C15H12ClF3N6O3S/c1-23-10(20)9(12(27)24(2)14(23)28)8(26)5-29-13-22-21-11-7(16)3-6(4-25(11)13)15(17,18)19/h3-4H,5,20H2,1-2H3. The van der Waals surface area contributed by atoms with Gasteiger partial charge in [0.1, 0.15) is 11.4 Å². The first-order valence-corrected chi connectivity index (χ1v) is 9.12. The number of alkyl halides is 3. The molecule has 2 N–H and O–H groups in total. The Bertz CT molecular complexity index is 1260. The maximum atomic E-state index is 13.0. The first-order valence-electron chi connectivity index (χ1n) is 7.76. The average molecular weight is 449 g/mol. The topological polar surface area (TPSA) is 117 Å². The van der Waals surface area contributed by atoms with Crippen molar-refractivity contribution in [3.05, 3.63) is 49.3 Å². The molecule has 0 aliphatic heterocycles. The van der Waals surface area contributed by atoms with E-state index in [0.29, 0.717) is 0 Å². The van der Waals surface area contributed by atoms with Crippen LogP contribution in [0.4, 0.5) is 19.0 Å². The van der Waals surface area contributed by atoms with E-state index in [1.54, 1.807) is 0 Å². The lowest BCUT2D eigenvalue weighted by Crippen LogP contribution is -2.41. The van der Waals surface area contributed by atoms with E-state index in [2.05, 4.69) is 10.2 Å². The summed E-state index contributed by atoms with van der Waals surface area (Å²) in [7, 11) is 2.49. The smallest absolute Gasteiger partial charge is 0.384 e. The molecule has 0 atom stereocenters. The van der Waals surface area contributed by atoms with Crippen molar-refractivity contribution in [2.45, 2.75) is 11.3 Å². The molecule has 0 bridgehead atoms. The quantitative estimate of drug-likeness (QED) is 0.473. The molecule has 3 rings (SSSR count). The number of carbonyl (C=O) groups is 1. The van der Waals surface area contributed by atoms with E-state index in [-0.39, 0.29) is 27.4 Å². The van der Waals surface area contributed by atoms with Crippen molar-refractivity contribution in [1.29, 1.82) is 0 Å². The van der Waals surface area contributed by atoms with E-state index in [1.165, 1.54) is 14.1 Å². The number of hydrogen-bond donors (Lipinski definition) is 1. The highest BCUT2D eigenvalue weighted by atomic mass is 35.5. The molecular weight excluding hydrogens is 437 g/mol. The minimum atomic E-state index is -4.64. The summed E-state index contributed by atoms with van der Waals surface area (Å²) in [6.45, 7) is 0. The number of nitrogens with zero attached hydrogens (tertiary/aromatic N) is 5. The van der Waals surface area contributed by atoms with E-state index in [1.807, 2.05) is 0 Å². The summed E-state index contributed by atoms with van der Waals surface area (Å²) in [5.41, 5.74) is 2.72. The number of carbonyl (C=O) groups excluding carboxylic acids is 1. The Balaban J connectivity index is 1.96. The molecule has 3 heterocycles. The van der Waals surface area contributed by atoms with Crippen LogP contribution in [0.2, 0.25) is 5.02 Å². The Kier molecular flexibility index (Phi) is 5.21. The zero-order valence-corrected chi connectivity index (χ0v) is 16.4. The Morgan fingerprint density at radius 3 is 2.52 bits per heavy atom. The van der Waals surface area contributed by atoms with Gasteiger partial charge in [-0.3, -0.25) is 23.1 Å². The van der Waals surface area contributed by atoms with Gasteiger partial charge in [-0.05, 0) is 6.07 Å². The van der Waals surface area contributed by atoms with Crippen LogP contribution in [0.3, 0.4) is 0 Å². The number of nitrogen functional groups attached to an aromatic ring is 1. The molecule has 154 valence electrons. The van der Waals surface area contributed by atoms with Crippen LogP contribution in [0, 0.1) is 0 Å². The zero-order valence-electron chi connectivity index (χ0n) is 14.8. The van der Waals surface area contributed by atoms with Gasteiger partial charge < -0.3 is 5.73 Å². The lowest BCUT2D eigenvalue weighted by atomic mass is 10.2. The molecule has 14 heteroatoms. The Morgan fingerprint density at radius 1 is 1.24 bits per heavy atom. The van der Waals surface area contributed by atoms with Crippen molar-refractivity contribution in [3.63, 3.8) is 0 Å². The fourth-order valence-electron chi connectivity index (χ4n) is 2.51. The molecule has 0 saturated heterocycles. The van der Waals surface area contributed by atoms with E-state index in [4.69, 9.17) is 17.3 Å². The second-order valence-electron chi connectivity index (χ2n) is 5.93. The largest absolute Gasteiger partial charge is 0.417 e. The van der Waals surface area contributed by atoms with Gasteiger partial charge in [-0.1, -0.05) is 23.4 Å². The lowest BCUT2D eigenvalue weighted by Gasteiger charge is -2.10. The number of nitrogens with two attached hydrogens (primary N) is 1. The van der Waals surface area contributed by atoms with Gasteiger partial charge in [-0.15, -0.1) is 10.2 Å². The monoisotopic (exact) mass is 448 g/mol. The molecule has 0 unspecified atom stereocenters. The van der Waals surface area contributed by atoms with Crippen molar-refractivity contribution in [2.24, 2.45) is 14.1 Å². The zero-order chi connectivity index (χ0) is 21.7. The summed E-state index contributed by atoms with van der Waals surface area (Å²) in [5, 5.41) is 7.15. The Hall–Kier alpha value is -2.80. The maximum absolute atomic E-state index is 13.0. The number of anilines is 1. The lowest BCUT2D eigenvalue weighted by molar-refractivity contribution is -0.137. The Labute approximate surface area is 168 Å². The fraction of sp³-hybridized carbons (Fsp3) is 0.267. The number of ketones is 1. The van der Waals surface area contributed by atoms with Gasteiger partial charge in [0.15, 0.2) is 16.6 Å². The molecule has 29 heavy (non-hydrogen) atoms. The van der Waals surface area contributed by atoms with Crippen LogP contribution < -0.4 is 17.0 Å². The number of halogens is 4. The van der Waals surface area contributed by atoms with Crippen LogP contribution in [0.25, 0.3) is 5.65 Å². The Morgan fingerprint density at radius 2 is 1.90 bits per heavy atom. The average Bonchev–Trinajstić information content (AvgIpc) is 3.06. The second kappa shape index (κ2) is 7.22. The molecule has 0 saturated carbocycles. The molecule has 0 spiro atoms. The van der Waals surface area contributed by atoms with Gasteiger partial charge in [-0.25, -0.2) is 4.79 Å². The van der Waals surface area contributed by atoms with Crippen LogP contribution in [-0.4, -0.2) is 35.3 Å². The minimum absolute atomic E-state index is 0.0212. The van der Waals surface area contributed by atoms with Gasteiger partial charge in [0.25, 0.3) is 5.56 Å². The SMILES string of the molecule is Cn1c(N)c(C(=O)CSc2nnc3c(Cl)cc(C(F)(F)F)cn23)c(=O)n(C)c1=O. The van der Waals surface area contributed by atoms with Gasteiger partial charge in [0.05, 0.1) is 16.3 Å². The van der Waals surface area contributed by atoms with Crippen molar-refractivity contribution in [1.82, 2.24) is 23.7 Å². The predicted octanol–water partition coefficient (Wildman–Crippen LogP) is 1.36. The number of rotatable bonds is 4. The normalized spacial score (nSPS) is 11.9. The number of aromatic nitrogens is 5. The third kappa shape index (κ3) is 3.62. The van der Waals surface area contributed by atoms with E-state index < -0.39 is 34.3 Å². The van der Waals surface area contributed by atoms with E-state index >= 15 is 0 Å². The molecular formula is C15H12ClF3N6O3S. The van der Waals surface area contributed by atoms with Crippen LogP contribution in [0.1, 0.15) is 15.9 Å². The van der Waals surface area contributed by atoms with Crippen molar-refractivity contribution < 1.29 is 18.0 Å². The van der Waals surface area contributed by atoms with Gasteiger partial charge in [0, 0.05) is 20.3 Å². The second-order valence-corrected chi connectivity index (χ2v) is 7.28. The molecule has 0 amide bonds. The van der Waals surface area contributed by atoms with Crippen LogP contribution in [-0.2, 0) is 20.3 Å². The number of Topliss-reactive ketones (excluding diaryl/α,β-unsaturated/α-hetero) is 1. The van der Waals surface area contributed by atoms with Crippen molar-refractivity contribution in [2.75, 3.05) is 11.5 Å². The summed E-state index contributed by atoms with van der Waals surface area (Å²) in [4.78, 5) is 36.6. The number of hydrogen-bond acceptors (Lipinski definition) is 7. The molecule has 0 radical (unpaired) electrons. The van der Waals surface area contributed by atoms with Gasteiger partial charge in [0.2, 0.25) is 0 Å². The van der Waals surface area contributed by atoms with Gasteiger partial charge in [-0.2, -0.15) is 13.2 Å². The highest BCUT2D eigenvalue weighted by Crippen LogP contribution is 2.33. The predicted molar refractivity (Wildman–Crippen MR) is 99.4 cm³/mol. The van der Waals surface area contributed by atoms with Crippen LogP contribution in [0.15, 0.2) is 27.0 Å². The van der Waals surface area contributed by atoms with E-state index in [9.17, 15) is 27.6 Å². The van der Waals surface area contributed by atoms with Gasteiger partial charge >= 0.3 is 11.9 Å². The third-order valence-corrected chi connectivity index (χ3v) is 5.30. The molecule has 0 aromatic carbocycles. The molecule has 3 aromatic heterocycles. The summed E-state index contributed by atoms with van der Waals surface area (Å²) < 4.78 is 41.7. The number of fused-ring (bicyclic) bond motifs is 1. The fourth-order valence-corrected chi connectivity index (χ4v) is 3.54. The van der Waals surface area contributed by atoms with Crippen molar-refractivity contribution in [3.8, 4) is 0 Å². The molecule has 9 nitrogen and oxygen atoms in total. The minimum Gasteiger partial charge on any atom is -0.384 e. The first-order chi connectivity index (χ1) is 13.4. The summed E-state index contributed by atoms with van der Waals surface area (Å²) >= 11 is 6.58. The van der Waals surface area contributed by atoms with Crippen LogP contribution >= 0.6 is 23.4 Å².